The Balaban J connectivity index is 1.92. The Bertz CT molecular complexity index is 899. The summed E-state index contributed by atoms with van der Waals surface area (Å²) < 4.78 is 11.2. The highest BCUT2D eigenvalue weighted by atomic mass is 16.5. The average Bonchev–Trinajstić information content (AvgIpc) is 2.78. The highest BCUT2D eigenvalue weighted by molar-refractivity contribution is 5.95. The van der Waals surface area contributed by atoms with Gasteiger partial charge in [-0.1, -0.05) is 12.1 Å². The van der Waals surface area contributed by atoms with E-state index in [0.717, 1.165) is 43.0 Å². The number of nitrogens with zero attached hydrogens (tertiary/aromatic N) is 3. The largest absolute Gasteiger partial charge is 0.491 e. The fraction of sp³-hybridized carbons (Fsp3) is 0.522. The fourth-order valence-corrected chi connectivity index (χ4v) is 3.78. The first-order chi connectivity index (χ1) is 14.9. The highest BCUT2D eigenvalue weighted by Crippen LogP contribution is 2.29. The number of rotatable bonds is 9. The zero-order chi connectivity index (χ0) is 22.4. The van der Waals surface area contributed by atoms with Gasteiger partial charge >= 0.3 is 0 Å². The first-order valence-corrected chi connectivity index (χ1v) is 10.7. The number of nitrogens with one attached hydrogen (secondary N) is 1. The summed E-state index contributed by atoms with van der Waals surface area (Å²) in [5, 5.41) is 12.8. The van der Waals surface area contributed by atoms with Crippen LogP contribution in [0.2, 0.25) is 0 Å². The van der Waals surface area contributed by atoms with Crippen LogP contribution in [-0.4, -0.2) is 73.5 Å². The summed E-state index contributed by atoms with van der Waals surface area (Å²) in [7, 11) is 3.79. The van der Waals surface area contributed by atoms with Gasteiger partial charge in [-0.3, -0.25) is 4.79 Å². The molecule has 0 bridgehead atoms. The first-order valence-electron chi connectivity index (χ1n) is 10.7. The third-order valence-corrected chi connectivity index (χ3v) is 5.50. The van der Waals surface area contributed by atoms with Crippen molar-refractivity contribution in [3.05, 3.63) is 35.5 Å². The van der Waals surface area contributed by atoms with Crippen molar-refractivity contribution in [1.29, 1.82) is 0 Å². The number of hydrogen-bond donors (Lipinski definition) is 2. The van der Waals surface area contributed by atoms with Crippen LogP contribution in [0.3, 0.4) is 0 Å². The summed E-state index contributed by atoms with van der Waals surface area (Å²) in [5.74, 6) is 1.76. The predicted octanol–water partition coefficient (Wildman–Crippen LogP) is 2.23. The minimum absolute atomic E-state index is 0.0922. The molecule has 2 aromatic rings. The number of carbonyl (C=O) groups excluding carboxylic acids is 1. The van der Waals surface area contributed by atoms with E-state index in [2.05, 4.69) is 15.2 Å². The van der Waals surface area contributed by atoms with Crippen LogP contribution in [0, 0.1) is 6.92 Å². The lowest BCUT2D eigenvalue weighted by Gasteiger charge is -2.33. The quantitative estimate of drug-likeness (QED) is 0.587. The number of ketones is 1. The SMILES string of the molecule is CNCC(O)COc1cccc(-c2nc(C(C)=O)c(C)c(N(C)C3CCOCC3)n2)c1. The van der Waals surface area contributed by atoms with Gasteiger partial charge in [0.15, 0.2) is 11.6 Å². The van der Waals surface area contributed by atoms with Gasteiger partial charge in [-0.25, -0.2) is 9.97 Å². The van der Waals surface area contributed by atoms with Gasteiger partial charge in [0.2, 0.25) is 0 Å². The number of benzene rings is 1. The molecule has 2 N–H and O–H groups in total. The minimum atomic E-state index is -0.603. The molecule has 0 spiro atoms. The van der Waals surface area contributed by atoms with E-state index in [1.165, 1.54) is 6.92 Å². The molecule has 1 aromatic heterocycles. The molecule has 168 valence electrons. The summed E-state index contributed by atoms with van der Waals surface area (Å²) in [5.41, 5.74) is 1.97. The maximum Gasteiger partial charge on any atom is 0.178 e. The number of Topliss-reactive ketones (excluding diaryl/α,β-unsaturated/α-hetero) is 1. The van der Waals surface area contributed by atoms with Crippen molar-refractivity contribution in [3.63, 3.8) is 0 Å². The molecule has 1 fully saturated rings. The van der Waals surface area contributed by atoms with Gasteiger partial charge in [-0.05, 0) is 38.9 Å². The Hall–Kier alpha value is -2.55. The standard InChI is InChI=1S/C23H32N4O4/c1-15-21(16(2)28)25-22(26-23(15)27(4)18-8-10-30-11-9-18)17-6-5-7-20(12-17)31-14-19(29)13-24-3/h5-7,12,18-19,24,29H,8-11,13-14H2,1-4H3. The molecule has 1 aliphatic heterocycles. The lowest BCUT2D eigenvalue weighted by Crippen LogP contribution is -2.38. The molecule has 31 heavy (non-hydrogen) atoms. The van der Waals surface area contributed by atoms with E-state index >= 15 is 0 Å². The Morgan fingerprint density at radius 1 is 1.35 bits per heavy atom. The van der Waals surface area contributed by atoms with Crippen LogP contribution >= 0.6 is 0 Å². The van der Waals surface area contributed by atoms with Crippen LogP contribution in [0.15, 0.2) is 24.3 Å². The lowest BCUT2D eigenvalue weighted by molar-refractivity contribution is 0.0853. The fourth-order valence-electron chi connectivity index (χ4n) is 3.78. The molecule has 1 unspecified atom stereocenters. The van der Waals surface area contributed by atoms with Crippen molar-refractivity contribution in [1.82, 2.24) is 15.3 Å². The number of hydrogen-bond acceptors (Lipinski definition) is 8. The lowest BCUT2D eigenvalue weighted by atomic mass is 10.1. The Morgan fingerprint density at radius 2 is 2.10 bits per heavy atom. The van der Waals surface area contributed by atoms with Crippen molar-refractivity contribution >= 4 is 11.6 Å². The molecule has 0 amide bonds. The van der Waals surface area contributed by atoms with Gasteiger partial charge in [-0.15, -0.1) is 0 Å². The van der Waals surface area contributed by atoms with Gasteiger partial charge in [-0.2, -0.15) is 0 Å². The van der Waals surface area contributed by atoms with Gasteiger partial charge in [0.25, 0.3) is 0 Å². The van der Waals surface area contributed by atoms with Crippen LogP contribution in [0.4, 0.5) is 5.82 Å². The van der Waals surface area contributed by atoms with E-state index in [1.807, 2.05) is 38.2 Å². The highest BCUT2D eigenvalue weighted by Gasteiger charge is 2.24. The van der Waals surface area contributed by atoms with Crippen LogP contribution < -0.4 is 15.0 Å². The maximum atomic E-state index is 12.3. The summed E-state index contributed by atoms with van der Waals surface area (Å²) >= 11 is 0. The molecular formula is C23H32N4O4. The Kier molecular flexibility index (Phi) is 7.95. The van der Waals surface area contributed by atoms with Crippen LogP contribution in [0.5, 0.6) is 5.75 Å². The van der Waals surface area contributed by atoms with E-state index in [9.17, 15) is 9.90 Å². The molecule has 2 heterocycles. The Labute approximate surface area is 183 Å². The molecule has 3 rings (SSSR count). The van der Waals surface area contributed by atoms with E-state index in [-0.39, 0.29) is 12.4 Å². The second-order valence-corrected chi connectivity index (χ2v) is 7.91. The van der Waals surface area contributed by atoms with Crippen LogP contribution in [0.25, 0.3) is 11.4 Å². The molecule has 8 nitrogen and oxygen atoms in total. The molecule has 0 saturated carbocycles. The van der Waals surface area contributed by atoms with Gasteiger partial charge in [0, 0.05) is 50.9 Å². The van der Waals surface area contributed by atoms with E-state index in [1.54, 1.807) is 7.05 Å². The molecule has 1 aliphatic rings. The number of aromatic nitrogens is 2. The van der Waals surface area contributed by atoms with Crippen molar-refractivity contribution in [3.8, 4) is 17.1 Å². The van der Waals surface area contributed by atoms with Crippen LogP contribution in [0.1, 0.15) is 35.8 Å². The van der Waals surface area contributed by atoms with Crippen molar-refractivity contribution in [2.45, 2.75) is 38.8 Å². The topological polar surface area (TPSA) is 96.8 Å². The summed E-state index contributed by atoms with van der Waals surface area (Å²) in [6.07, 6.45) is 1.24. The number of anilines is 1. The molecule has 1 atom stereocenters. The molecule has 1 saturated heterocycles. The third-order valence-electron chi connectivity index (χ3n) is 5.50. The zero-order valence-electron chi connectivity index (χ0n) is 18.7. The number of carbonyl (C=O) groups is 1. The monoisotopic (exact) mass is 428 g/mol. The third kappa shape index (κ3) is 5.78. The smallest absolute Gasteiger partial charge is 0.178 e. The van der Waals surface area contributed by atoms with Crippen molar-refractivity contribution < 1.29 is 19.4 Å². The van der Waals surface area contributed by atoms with Gasteiger partial charge < -0.3 is 24.8 Å². The second-order valence-electron chi connectivity index (χ2n) is 7.91. The van der Waals surface area contributed by atoms with E-state index in [4.69, 9.17) is 14.5 Å². The zero-order valence-corrected chi connectivity index (χ0v) is 18.7. The average molecular weight is 429 g/mol. The van der Waals surface area contributed by atoms with E-state index < -0.39 is 6.10 Å². The molecule has 0 radical (unpaired) electrons. The van der Waals surface area contributed by atoms with E-state index in [0.29, 0.717) is 29.9 Å². The number of aliphatic hydroxyl groups is 1. The number of likely N-dealkylation sites (N-methyl/N-ethyl adjacent to an activating group) is 1. The normalized spacial score (nSPS) is 15.5. The minimum Gasteiger partial charge on any atom is -0.491 e. The second kappa shape index (κ2) is 10.7. The number of ether oxygens (including phenoxy) is 2. The summed E-state index contributed by atoms with van der Waals surface area (Å²) in [6, 6.07) is 7.71. The summed E-state index contributed by atoms with van der Waals surface area (Å²) in [4.78, 5) is 23.9. The van der Waals surface area contributed by atoms with Crippen LogP contribution in [-0.2, 0) is 4.74 Å². The van der Waals surface area contributed by atoms with Crippen molar-refractivity contribution in [2.24, 2.45) is 0 Å². The number of aliphatic hydroxyl groups excluding tert-OH is 1. The summed E-state index contributed by atoms with van der Waals surface area (Å²) in [6.45, 7) is 5.50. The molecule has 1 aromatic carbocycles. The van der Waals surface area contributed by atoms with Crippen molar-refractivity contribution in [2.75, 3.05) is 45.4 Å². The predicted molar refractivity (Wildman–Crippen MR) is 120 cm³/mol. The maximum absolute atomic E-state index is 12.3. The van der Waals surface area contributed by atoms with Gasteiger partial charge in [0.05, 0.1) is 0 Å². The molecular weight excluding hydrogens is 396 g/mol. The first kappa shape index (κ1) is 23.1. The molecule has 0 aliphatic carbocycles. The molecule has 8 heteroatoms. The van der Waals surface area contributed by atoms with Gasteiger partial charge in [0.1, 0.15) is 30.0 Å². The Morgan fingerprint density at radius 3 is 2.77 bits per heavy atom.